The minimum absolute atomic E-state index is 0.0806. The number of benzene rings is 15. The molecular weight excluding hydrogens is 1280 g/mol. The molecule has 0 radical (unpaired) electrons. The van der Waals surface area contributed by atoms with E-state index in [4.69, 9.17) is 4.42 Å². The summed E-state index contributed by atoms with van der Waals surface area (Å²) in [5.41, 5.74) is 32.4. The van der Waals surface area contributed by atoms with Crippen LogP contribution in [-0.2, 0) is 10.8 Å². The van der Waals surface area contributed by atoms with Crippen molar-refractivity contribution in [1.82, 2.24) is 0 Å². The molecule has 17 aromatic rings. The van der Waals surface area contributed by atoms with Gasteiger partial charge in [0.15, 0.2) is 0 Å². The molecule has 15 aromatic carbocycles. The Hall–Kier alpha value is -11.5. The first kappa shape index (κ1) is 62.5. The van der Waals surface area contributed by atoms with Gasteiger partial charge in [0.25, 0.3) is 0 Å². The predicted octanol–water partition coefficient (Wildman–Crippen LogP) is 26.3. The zero-order valence-corrected chi connectivity index (χ0v) is 60.1. The number of rotatable bonds is 10. The molecule has 4 heterocycles. The van der Waals surface area contributed by atoms with Crippen LogP contribution in [0.25, 0.3) is 142 Å². The Morgan fingerprint density at radius 3 is 1.28 bits per heavy atom. The molecule has 0 atom stereocenters. The highest BCUT2D eigenvalue weighted by Gasteiger charge is 2.43. The maximum atomic E-state index is 6.86. The largest absolute Gasteiger partial charge is 0.456 e. The van der Waals surface area contributed by atoms with Crippen LogP contribution in [0.2, 0.25) is 0 Å². The van der Waals surface area contributed by atoms with E-state index in [1.165, 1.54) is 124 Å². The molecule has 0 unspecified atom stereocenters. The van der Waals surface area contributed by atoms with Gasteiger partial charge in [-0.15, -0.1) is 11.3 Å². The maximum absolute atomic E-state index is 6.86. The molecule has 5 heteroatoms. The van der Waals surface area contributed by atoms with Crippen LogP contribution < -0.4 is 21.3 Å². The van der Waals surface area contributed by atoms with Crippen molar-refractivity contribution in [3.05, 3.63) is 339 Å². The van der Waals surface area contributed by atoms with Crippen LogP contribution in [0.4, 0.5) is 17.1 Å². The first-order chi connectivity index (χ1) is 50.3. The molecule has 0 N–H and O–H groups in total. The SMILES string of the molecule is CC(C)(C)c1cc(-c2ccccc2)cc(-c2ccc3c(c2)Sc2cc(-c4cc(-c5ccccc5)cc(C(C)(C)C)c4)cc4c2B3c2ccc(-c3cc(-c5ccccc5)cc(-c5ccccc5)c3)cc2N4c2c(-c3cccc4oc5ccccc5c34)cccc2-c2cccc3sc4ccccc4c23)c1. The summed E-state index contributed by atoms with van der Waals surface area (Å²) < 4.78 is 9.39. The number of thiophene rings is 1. The zero-order chi connectivity index (χ0) is 69.2. The highest BCUT2D eigenvalue weighted by atomic mass is 32.2. The third-order valence-electron chi connectivity index (χ3n) is 21.4. The van der Waals surface area contributed by atoms with Crippen LogP contribution in [-0.4, -0.2) is 6.71 Å². The standard InChI is InChI=1S/C98H72BNOS2/c1-97(2,3)75-53-70(63-30-15-9-16-31-63)51-72(55-75)66-45-47-84-91(59-66)103-92-60-74(73-52-71(64-32-17-10-18-33-64)54-76(56-73)98(4,5)6)58-86-95(92)99(84)83-46-44-65(69-49-67(61-26-11-7-12-27-61)48-68(50-69)62-28-13-8-14-29-62)57-85(83)100(86)96-79(77-36-24-41-88-93(77)81-34-19-21-40-87(81)101-88)38-23-39-80(96)78-37-25-43-90-94(78)82-35-20-22-42-89(82)102-90/h7-60H,1-6H3. The molecule has 2 aliphatic heterocycles. The van der Waals surface area contributed by atoms with Crippen molar-refractivity contribution in [1.29, 1.82) is 0 Å². The number of fused-ring (bicyclic) bond motifs is 10. The van der Waals surface area contributed by atoms with Gasteiger partial charge in [0.2, 0.25) is 6.71 Å². The Labute approximate surface area is 611 Å². The van der Waals surface area contributed by atoms with E-state index in [0.29, 0.717) is 0 Å². The molecule has 0 spiro atoms. The normalized spacial score (nSPS) is 12.7. The molecule has 0 aliphatic carbocycles. The quantitative estimate of drug-likeness (QED) is 0.127. The summed E-state index contributed by atoms with van der Waals surface area (Å²) in [5.74, 6) is 0. The van der Waals surface area contributed by atoms with Gasteiger partial charge < -0.3 is 9.32 Å². The zero-order valence-electron chi connectivity index (χ0n) is 58.4. The van der Waals surface area contributed by atoms with E-state index in [-0.39, 0.29) is 17.5 Å². The topological polar surface area (TPSA) is 16.4 Å². The lowest BCUT2D eigenvalue weighted by atomic mass is 9.34. The lowest BCUT2D eigenvalue weighted by molar-refractivity contribution is 0.590. The Balaban J connectivity index is 0.944. The highest BCUT2D eigenvalue weighted by Crippen LogP contribution is 2.55. The van der Waals surface area contributed by atoms with Crippen molar-refractivity contribution in [2.45, 2.75) is 62.2 Å². The van der Waals surface area contributed by atoms with Gasteiger partial charge in [0.1, 0.15) is 11.2 Å². The molecule has 2 aromatic heterocycles. The van der Waals surface area contributed by atoms with Gasteiger partial charge in [0.05, 0.1) is 5.69 Å². The van der Waals surface area contributed by atoms with Crippen molar-refractivity contribution in [3.63, 3.8) is 0 Å². The summed E-state index contributed by atoms with van der Waals surface area (Å²) in [6.45, 7) is 13.9. The second kappa shape index (κ2) is 24.7. The number of hydrogen-bond donors (Lipinski definition) is 0. The summed E-state index contributed by atoms with van der Waals surface area (Å²) in [6.07, 6.45) is 0. The van der Waals surface area contributed by atoms with Crippen molar-refractivity contribution in [3.8, 4) is 100 Å². The van der Waals surface area contributed by atoms with Gasteiger partial charge in [-0.2, -0.15) is 0 Å². The fraction of sp³-hybridized carbons (Fsp3) is 0.0816. The smallest absolute Gasteiger partial charge is 0.249 e. The van der Waals surface area contributed by atoms with Crippen LogP contribution in [0.3, 0.4) is 0 Å². The molecule has 0 bridgehead atoms. The van der Waals surface area contributed by atoms with Crippen LogP contribution in [0, 0.1) is 0 Å². The maximum Gasteiger partial charge on any atom is 0.249 e. The van der Waals surface area contributed by atoms with Gasteiger partial charge >= 0.3 is 0 Å². The summed E-state index contributed by atoms with van der Waals surface area (Å²) in [4.78, 5) is 5.23. The van der Waals surface area contributed by atoms with Crippen LogP contribution in [0.5, 0.6) is 0 Å². The lowest BCUT2D eigenvalue weighted by Crippen LogP contribution is -2.59. The van der Waals surface area contributed by atoms with Crippen molar-refractivity contribution >= 4 is 105 Å². The second-order valence-corrected chi connectivity index (χ2v) is 32.1. The van der Waals surface area contributed by atoms with Crippen LogP contribution in [0.1, 0.15) is 52.7 Å². The summed E-state index contributed by atoms with van der Waals surface area (Å²) in [7, 11) is 0. The lowest BCUT2D eigenvalue weighted by Gasteiger charge is -2.42. The number of hydrogen-bond acceptors (Lipinski definition) is 4. The van der Waals surface area contributed by atoms with Crippen LogP contribution in [0.15, 0.2) is 342 Å². The molecular formula is C98H72BNOS2. The Morgan fingerprint density at radius 1 is 0.291 bits per heavy atom. The van der Waals surface area contributed by atoms with E-state index in [2.05, 4.69) is 374 Å². The third kappa shape index (κ3) is 11.0. The first-order valence-electron chi connectivity index (χ1n) is 35.9. The monoisotopic (exact) mass is 1350 g/mol. The second-order valence-electron chi connectivity index (χ2n) is 29.9. The molecule has 0 saturated heterocycles. The van der Waals surface area contributed by atoms with Crippen molar-refractivity contribution < 1.29 is 4.42 Å². The number of anilines is 3. The minimum Gasteiger partial charge on any atom is -0.456 e. The van der Waals surface area contributed by atoms with E-state index < -0.39 is 0 Å². The highest BCUT2D eigenvalue weighted by molar-refractivity contribution is 8.00. The van der Waals surface area contributed by atoms with E-state index >= 15 is 0 Å². The van der Waals surface area contributed by atoms with Crippen molar-refractivity contribution in [2.75, 3.05) is 4.90 Å². The average Bonchev–Trinajstić information content (AvgIpc) is 0.840. The van der Waals surface area contributed by atoms with E-state index in [1.807, 2.05) is 23.1 Å². The summed E-state index contributed by atoms with van der Waals surface area (Å²) in [5, 5.41) is 4.70. The molecule has 19 rings (SSSR count). The molecule has 103 heavy (non-hydrogen) atoms. The Kier molecular flexibility index (Phi) is 15.0. The number of furan rings is 1. The third-order valence-corrected chi connectivity index (χ3v) is 23.6. The van der Waals surface area contributed by atoms with Gasteiger partial charge in [-0.3, -0.25) is 0 Å². The minimum atomic E-state index is -0.152. The number of nitrogens with zero attached hydrogens (tertiary/aromatic N) is 1. The van der Waals surface area contributed by atoms with Gasteiger partial charge in [0, 0.05) is 63.2 Å². The summed E-state index contributed by atoms with van der Waals surface area (Å²) >= 11 is 3.80. The van der Waals surface area contributed by atoms with E-state index in [1.54, 1.807) is 0 Å². The molecule has 2 aliphatic rings. The predicted molar refractivity (Wildman–Crippen MR) is 443 cm³/mol. The van der Waals surface area contributed by atoms with E-state index in [9.17, 15) is 0 Å². The van der Waals surface area contributed by atoms with Gasteiger partial charge in [-0.05, 0) is 201 Å². The van der Waals surface area contributed by atoms with E-state index in [0.717, 1.165) is 72.4 Å². The first-order valence-corrected chi connectivity index (χ1v) is 37.5. The molecule has 2 nitrogen and oxygen atoms in total. The number of para-hydroxylation sites is 2. The van der Waals surface area contributed by atoms with Gasteiger partial charge in [-0.1, -0.05) is 307 Å². The fourth-order valence-electron chi connectivity index (χ4n) is 16.2. The van der Waals surface area contributed by atoms with Crippen LogP contribution >= 0.6 is 23.1 Å². The Morgan fingerprint density at radius 2 is 0.699 bits per heavy atom. The molecule has 490 valence electrons. The van der Waals surface area contributed by atoms with Gasteiger partial charge in [-0.25, -0.2) is 0 Å². The molecule has 0 fully saturated rings. The fourth-order valence-corrected chi connectivity index (χ4v) is 18.5. The van der Waals surface area contributed by atoms with Crippen molar-refractivity contribution in [2.24, 2.45) is 0 Å². The molecule has 0 saturated carbocycles. The summed E-state index contributed by atoms with van der Waals surface area (Å²) in [6, 6.07) is 124. The Bertz CT molecular complexity index is 6040. The average molecular weight is 1350 g/mol. The molecule has 0 amide bonds.